The van der Waals surface area contributed by atoms with Crippen LogP contribution in [0.4, 0.5) is 0 Å². The first-order valence-corrected chi connectivity index (χ1v) is 24.2. The molecule has 0 saturated carbocycles. The summed E-state index contributed by atoms with van der Waals surface area (Å²) in [6, 6.07) is 10.4. The Morgan fingerprint density at radius 2 is 0.695 bits per heavy atom. The number of carbonyl (C=O) groups is 1. The lowest BCUT2D eigenvalue weighted by Gasteiger charge is -2.35. The standard InChI is InChI=1S/C15H22N2O.3C9H19N.C8H17N.2CH4/c1-13(2)10-17-9-8-16(12-15(17)18)11-14-6-4-3-5-7-14;3*1-9(2)8-10-6-4-3-5-7-10;1-8(2)7-9-5-3-4-6-9;;/h3-7,13H,8-12H2,1-2H3;3*9H,3-8H2,1-2H3;8H,3-7H2,1-2H3;2*1H4. The Hall–Kier alpha value is -1.51. The fourth-order valence-electron chi connectivity index (χ4n) is 8.82. The SMILES string of the molecule is C.C.CC(C)CN1CCCC1.CC(C)CN1CCCCC1.CC(C)CN1CCCCC1.CC(C)CN1CCCCC1.CC(C)CN1CCN(Cc2ccccc2)CC1=O. The monoisotopic (exact) mass is 829 g/mol. The van der Waals surface area contributed by atoms with Crippen molar-refractivity contribution >= 4 is 5.91 Å². The lowest BCUT2D eigenvalue weighted by Crippen LogP contribution is -2.50. The third-order valence-electron chi connectivity index (χ3n) is 11.3. The lowest BCUT2D eigenvalue weighted by atomic mass is 10.1. The molecule has 0 bridgehead atoms. The molecule has 0 unspecified atom stereocenters. The van der Waals surface area contributed by atoms with Gasteiger partial charge in [0.1, 0.15) is 0 Å². The quantitative estimate of drug-likeness (QED) is 0.209. The van der Waals surface area contributed by atoms with E-state index in [1.807, 2.05) is 23.1 Å². The molecule has 5 heterocycles. The molecule has 5 aliphatic rings. The molecule has 5 saturated heterocycles. The molecule has 6 rings (SSSR count). The Kier molecular flexibility index (Phi) is 34.1. The van der Waals surface area contributed by atoms with Gasteiger partial charge in [-0.3, -0.25) is 9.69 Å². The molecular weight excluding hydrogens is 725 g/mol. The van der Waals surface area contributed by atoms with Crippen LogP contribution < -0.4 is 0 Å². The van der Waals surface area contributed by atoms with E-state index in [1.54, 1.807) is 0 Å². The topological polar surface area (TPSA) is 36.5 Å². The number of nitrogens with zero attached hydrogens (tertiary/aromatic N) is 6. The molecule has 0 spiro atoms. The molecule has 7 heteroatoms. The third-order valence-corrected chi connectivity index (χ3v) is 11.3. The van der Waals surface area contributed by atoms with Gasteiger partial charge in [-0.2, -0.15) is 0 Å². The molecular formula is C52H104N6O. The fraction of sp³-hybridized carbons (Fsp3) is 0.865. The highest BCUT2D eigenvalue weighted by atomic mass is 16.2. The lowest BCUT2D eigenvalue weighted by molar-refractivity contribution is -0.136. The minimum absolute atomic E-state index is 0. The summed E-state index contributed by atoms with van der Waals surface area (Å²) in [4.78, 5) is 26.6. The van der Waals surface area contributed by atoms with Gasteiger partial charge >= 0.3 is 0 Å². The summed E-state index contributed by atoms with van der Waals surface area (Å²) in [6.45, 7) is 42.8. The summed E-state index contributed by atoms with van der Waals surface area (Å²) in [5.74, 6) is 4.21. The summed E-state index contributed by atoms with van der Waals surface area (Å²) in [6.07, 6.45) is 15.7. The largest absolute Gasteiger partial charge is 0.340 e. The van der Waals surface area contributed by atoms with Crippen LogP contribution in [0.2, 0.25) is 0 Å². The maximum atomic E-state index is 12.0. The van der Waals surface area contributed by atoms with E-state index in [4.69, 9.17) is 0 Å². The van der Waals surface area contributed by atoms with Crippen LogP contribution in [0.3, 0.4) is 0 Å². The van der Waals surface area contributed by atoms with Crippen LogP contribution in [0, 0.1) is 29.6 Å². The Morgan fingerprint density at radius 3 is 0.983 bits per heavy atom. The summed E-state index contributed by atoms with van der Waals surface area (Å²) < 4.78 is 0. The van der Waals surface area contributed by atoms with Crippen molar-refractivity contribution in [2.45, 2.75) is 161 Å². The Morgan fingerprint density at radius 1 is 0.390 bits per heavy atom. The van der Waals surface area contributed by atoms with Crippen molar-refractivity contribution in [3.8, 4) is 0 Å². The fourth-order valence-corrected chi connectivity index (χ4v) is 8.82. The summed E-state index contributed by atoms with van der Waals surface area (Å²) in [5, 5.41) is 0. The van der Waals surface area contributed by atoms with Crippen LogP contribution in [-0.2, 0) is 11.3 Å². The second kappa shape index (κ2) is 35.0. The number of piperidine rings is 3. The van der Waals surface area contributed by atoms with Gasteiger partial charge in [-0.15, -0.1) is 0 Å². The van der Waals surface area contributed by atoms with Gasteiger partial charge in [0.25, 0.3) is 0 Å². The second-order valence-corrected chi connectivity index (χ2v) is 20.1. The van der Waals surface area contributed by atoms with E-state index >= 15 is 0 Å². The van der Waals surface area contributed by atoms with Crippen molar-refractivity contribution < 1.29 is 4.79 Å². The van der Waals surface area contributed by atoms with Crippen molar-refractivity contribution in [2.24, 2.45) is 29.6 Å². The summed E-state index contributed by atoms with van der Waals surface area (Å²) in [7, 11) is 0. The van der Waals surface area contributed by atoms with E-state index in [0.29, 0.717) is 12.5 Å². The molecule has 0 radical (unpaired) electrons. The Bertz CT molecular complexity index is 1010. The van der Waals surface area contributed by atoms with Crippen molar-refractivity contribution in [2.75, 3.05) is 105 Å². The average molecular weight is 829 g/mol. The molecule has 348 valence electrons. The van der Waals surface area contributed by atoms with Crippen molar-refractivity contribution in [1.29, 1.82) is 0 Å². The van der Waals surface area contributed by atoms with Gasteiger partial charge in [-0.1, -0.05) is 134 Å². The highest BCUT2D eigenvalue weighted by Gasteiger charge is 2.24. The predicted molar refractivity (Wildman–Crippen MR) is 262 cm³/mol. The zero-order valence-electron chi connectivity index (χ0n) is 39.7. The van der Waals surface area contributed by atoms with Gasteiger partial charge in [0.05, 0.1) is 6.54 Å². The molecule has 1 amide bonds. The van der Waals surface area contributed by atoms with Gasteiger partial charge in [0.2, 0.25) is 5.91 Å². The minimum atomic E-state index is 0. The van der Waals surface area contributed by atoms with Gasteiger partial charge in [-0.05, 0) is 139 Å². The molecule has 59 heavy (non-hydrogen) atoms. The molecule has 7 nitrogen and oxygen atoms in total. The van der Waals surface area contributed by atoms with Crippen molar-refractivity contribution in [3.63, 3.8) is 0 Å². The van der Waals surface area contributed by atoms with Crippen LogP contribution in [0.5, 0.6) is 0 Å². The normalized spacial score (nSPS) is 19.8. The number of likely N-dealkylation sites (tertiary alicyclic amines) is 4. The van der Waals surface area contributed by atoms with Gasteiger partial charge in [-0.25, -0.2) is 0 Å². The molecule has 0 atom stereocenters. The maximum Gasteiger partial charge on any atom is 0.236 e. The van der Waals surface area contributed by atoms with Crippen LogP contribution in [0.25, 0.3) is 0 Å². The van der Waals surface area contributed by atoms with Crippen LogP contribution in [0.1, 0.15) is 160 Å². The van der Waals surface area contributed by atoms with E-state index in [0.717, 1.165) is 49.9 Å². The summed E-state index contributed by atoms with van der Waals surface area (Å²) >= 11 is 0. The van der Waals surface area contributed by atoms with Crippen LogP contribution >= 0.6 is 0 Å². The Labute approximate surface area is 370 Å². The number of rotatable bonds is 12. The maximum absolute atomic E-state index is 12.0. The van der Waals surface area contributed by atoms with Gasteiger partial charge < -0.3 is 24.5 Å². The summed E-state index contributed by atoms with van der Waals surface area (Å²) in [5.41, 5.74) is 1.28. The van der Waals surface area contributed by atoms with E-state index in [2.05, 4.69) is 106 Å². The number of amides is 1. The first kappa shape index (κ1) is 57.5. The van der Waals surface area contributed by atoms with Crippen LogP contribution in [0.15, 0.2) is 30.3 Å². The molecule has 5 fully saturated rings. The average Bonchev–Trinajstić information content (AvgIpc) is 3.67. The van der Waals surface area contributed by atoms with Gasteiger partial charge in [0, 0.05) is 52.4 Å². The highest BCUT2D eigenvalue weighted by molar-refractivity contribution is 5.79. The highest BCUT2D eigenvalue weighted by Crippen LogP contribution is 2.14. The minimum Gasteiger partial charge on any atom is -0.340 e. The van der Waals surface area contributed by atoms with Crippen LogP contribution in [-0.4, -0.2) is 140 Å². The van der Waals surface area contributed by atoms with Gasteiger partial charge in [0.15, 0.2) is 0 Å². The molecule has 0 N–H and O–H groups in total. The first-order chi connectivity index (χ1) is 27.3. The third kappa shape index (κ3) is 30.2. The van der Waals surface area contributed by atoms with E-state index in [1.165, 1.54) is 155 Å². The van der Waals surface area contributed by atoms with E-state index in [-0.39, 0.29) is 20.8 Å². The van der Waals surface area contributed by atoms with Crippen molar-refractivity contribution in [3.05, 3.63) is 35.9 Å². The molecule has 0 aliphatic carbocycles. The molecule has 5 aliphatic heterocycles. The number of carbonyl (C=O) groups excluding carboxylic acids is 1. The predicted octanol–water partition coefficient (Wildman–Crippen LogP) is 11.4. The number of piperazine rings is 1. The number of benzene rings is 1. The zero-order chi connectivity index (χ0) is 41.8. The second-order valence-electron chi connectivity index (χ2n) is 20.1. The van der Waals surface area contributed by atoms with E-state index < -0.39 is 0 Å². The number of hydrogen-bond acceptors (Lipinski definition) is 6. The zero-order valence-corrected chi connectivity index (χ0v) is 39.7. The van der Waals surface area contributed by atoms with E-state index in [9.17, 15) is 4.79 Å². The molecule has 1 aromatic carbocycles. The number of hydrogen-bond donors (Lipinski definition) is 0. The van der Waals surface area contributed by atoms with Crippen molar-refractivity contribution in [1.82, 2.24) is 29.4 Å². The smallest absolute Gasteiger partial charge is 0.236 e. The first-order valence-electron chi connectivity index (χ1n) is 24.2. The Balaban J connectivity index is 0.000000728. The molecule has 0 aromatic heterocycles. The molecule has 1 aromatic rings.